The highest BCUT2D eigenvalue weighted by Gasteiger charge is 2.58. The first kappa shape index (κ1) is 15.8. The minimum Gasteiger partial charge on any atom is -0.195 e. The molecule has 0 saturated carbocycles. The predicted octanol–water partition coefficient (Wildman–Crippen LogP) is 5.40. The van der Waals surface area contributed by atoms with Crippen LogP contribution in [0.4, 0.5) is 0 Å². The highest BCUT2D eigenvalue weighted by atomic mass is 15.0. The van der Waals surface area contributed by atoms with Gasteiger partial charge in [0.2, 0.25) is 0 Å². The van der Waals surface area contributed by atoms with Gasteiger partial charge in [-0.2, -0.15) is 4.57 Å². The number of fused-ring (bicyclic) bond motifs is 1. The molecule has 134 valence electrons. The van der Waals surface area contributed by atoms with Crippen LogP contribution in [0.25, 0.3) is 0 Å². The van der Waals surface area contributed by atoms with E-state index in [1.165, 1.54) is 27.9 Å². The molecule has 7 rings (SSSR count). The SMILES string of the molecule is c1ccc(C2(c3ccccc3)C[C@@H]3c4ccccc4[C@H]2c2cccc[n+]23)cc1. The fraction of sp³-hybridized carbons (Fsp3) is 0.148. The summed E-state index contributed by atoms with van der Waals surface area (Å²) in [5, 5.41) is 0. The molecule has 3 aromatic carbocycles. The van der Waals surface area contributed by atoms with Crippen LogP contribution in [0, 0.1) is 0 Å². The lowest BCUT2D eigenvalue weighted by Crippen LogP contribution is -2.60. The molecular weight excluding hydrogens is 338 g/mol. The summed E-state index contributed by atoms with van der Waals surface area (Å²) in [6.07, 6.45) is 3.35. The van der Waals surface area contributed by atoms with E-state index in [9.17, 15) is 0 Å². The minimum absolute atomic E-state index is 0.0527. The first-order chi connectivity index (χ1) is 13.9. The van der Waals surface area contributed by atoms with E-state index < -0.39 is 0 Å². The van der Waals surface area contributed by atoms with Gasteiger partial charge in [-0.05, 0) is 16.7 Å². The van der Waals surface area contributed by atoms with Gasteiger partial charge in [0.05, 0.1) is 5.92 Å². The van der Waals surface area contributed by atoms with Gasteiger partial charge in [-0.3, -0.25) is 0 Å². The molecule has 0 amide bonds. The lowest BCUT2D eigenvalue weighted by molar-refractivity contribution is -0.732. The summed E-state index contributed by atoms with van der Waals surface area (Å²) in [5.74, 6) is 0.305. The van der Waals surface area contributed by atoms with Crippen LogP contribution >= 0.6 is 0 Å². The fourth-order valence-electron chi connectivity index (χ4n) is 5.74. The highest BCUT2D eigenvalue weighted by Crippen LogP contribution is 2.59. The monoisotopic (exact) mass is 360 g/mol. The van der Waals surface area contributed by atoms with Crippen molar-refractivity contribution in [3.05, 3.63) is 137 Å². The van der Waals surface area contributed by atoms with Gasteiger partial charge in [0.1, 0.15) is 0 Å². The van der Waals surface area contributed by atoms with Crippen molar-refractivity contribution in [1.82, 2.24) is 0 Å². The van der Waals surface area contributed by atoms with E-state index >= 15 is 0 Å². The van der Waals surface area contributed by atoms with Crippen molar-refractivity contribution in [3.63, 3.8) is 0 Å². The minimum atomic E-state index is -0.0527. The van der Waals surface area contributed by atoms with E-state index in [0.717, 1.165) is 6.42 Å². The molecule has 2 aliphatic heterocycles. The molecule has 0 radical (unpaired) electrons. The summed E-state index contributed by atoms with van der Waals surface area (Å²) in [6, 6.07) is 38.4. The second kappa shape index (κ2) is 5.90. The maximum Gasteiger partial charge on any atom is 0.190 e. The molecule has 1 aromatic heterocycles. The van der Waals surface area contributed by atoms with Gasteiger partial charge in [0, 0.05) is 29.5 Å². The van der Waals surface area contributed by atoms with Crippen LogP contribution in [-0.4, -0.2) is 0 Å². The molecule has 28 heavy (non-hydrogen) atoms. The molecule has 0 unspecified atom stereocenters. The number of hydrogen-bond donors (Lipinski definition) is 0. The molecule has 1 nitrogen and oxygen atoms in total. The quantitative estimate of drug-likeness (QED) is 0.422. The Morgan fingerprint density at radius 2 is 1.18 bits per heavy atom. The summed E-state index contributed by atoms with van der Waals surface area (Å²) in [7, 11) is 0. The normalized spacial score (nSPS) is 21.0. The van der Waals surface area contributed by atoms with Gasteiger partial charge in [0.15, 0.2) is 17.9 Å². The first-order valence-electron chi connectivity index (χ1n) is 10.1. The number of rotatable bonds is 2. The zero-order chi connectivity index (χ0) is 18.6. The maximum atomic E-state index is 2.51. The standard InChI is InChI=1S/C27H22N/c1-3-11-20(12-4-1)27(21-13-5-2-6-14-21)19-25-22-15-7-8-16-23(22)26(27)24-17-9-10-18-28(24)25/h1-18,25-26H,19H2/q+1/t25-,26+/m1/s1. The van der Waals surface area contributed by atoms with Crippen LogP contribution in [0.15, 0.2) is 109 Å². The van der Waals surface area contributed by atoms with Gasteiger partial charge in [-0.25, -0.2) is 0 Å². The Labute approximate surface area is 165 Å². The Bertz CT molecular complexity index is 1060. The molecule has 3 heterocycles. The molecule has 0 saturated heterocycles. The smallest absolute Gasteiger partial charge is 0.190 e. The van der Waals surface area contributed by atoms with E-state index in [0.29, 0.717) is 12.0 Å². The average Bonchev–Trinajstić information content (AvgIpc) is 2.80. The van der Waals surface area contributed by atoms with Crippen molar-refractivity contribution in [2.75, 3.05) is 0 Å². The Morgan fingerprint density at radius 3 is 1.86 bits per heavy atom. The van der Waals surface area contributed by atoms with Gasteiger partial charge in [0.25, 0.3) is 0 Å². The number of hydrogen-bond acceptors (Lipinski definition) is 0. The Kier molecular flexibility index (Phi) is 3.34. The topological polar surface area (TPSA) is 3.88 Å². The third-order valence-corrected chi connectivity index (χ3v) is 6.81. The van der Waals surface area contributed by atoms with Crippen LogP contribution in [0.1, 0.15) is 46.3 Å². The molecule has 1 heteroatoms. The van der Waals surface area contributed by atoms with E-state index in [1.807, 2.05) is 0 Å². The van der Waals surface area contributed by atoms with Crippen molar-refractivity contribution >= 4 is 0 Å². The van der Waals surface area contributed by atoms with Crippen molar-refractivity contribution in [2.24, 2.45) is 0 Å². The number of pyridine rings is 1. The van der Waals surface area contributed by atoms with Gasteiger partial charge < -0.3 is 0 Å². The van der Waals surface area contributed by atoms with Crippen LogP contribution in [-0.2, 0) is 5.41 Å². The zero-order valence-electron chi connectivity index (χ0n) is 15.7. The largest absolute Gasteiger partial charge is 0.195 e. The van der Waals surface area contributed by atoms with E-state index in [-0.39, 0.29) is 5.41 Å². The van der Waals surface area contributed by atoms with Crippen molar-refractivity contribution < 1.29 is 4.57 Å². The summed E-state index contributed by atoms with van der Waals surface area (Å²) in [6.45, 7) is 0. The fourth-order valence-corrected chi connectivity index (χ4v) is 5.74. The van der Waals surface area contributed by atoms with Crippen LogP contribution < -0.4 is 4.57 Å². The molecule has 1 aliphatic carbocycles. The Morgan fingerprint density at radius 1 is 0.607 bits per heavy atom. The zero-order valence-corrected chi connectivity index (χ0v) is 15.7. The van der Waals surface area contributed by atoms with Crippen LogP contribution in [0.3, 0.4) is 0 Å². The van der Waals surface area contributed by atoms with E-state index in [1.54, 1.807) is 0 Å². The van der Waals surface area contributed by atoms with Crippen molar-refractivity contribution in [2.45, 2.75) is 23.8 Å². The number of benzene rings is 3. The van der Waals surface area contributed by atoms with Gasteiger partial charge in [-0.1, -0.05) is 91.0 Å². The first-order valence-corrected chi connectivity index (χ1v) is 10.1. The maximum absolute atomic E-state index is 2.51. The van der Waals surface area contributed by atoms with Crippen LogP contribution in [0.5, 0.6) is 0 Å². The molecule has 0 spiro atoms. The molecule has 2 atom stereocenters. The predicted molar refractivity (Wildman–Crippen MR) is 111 cm³/mol. The second-order valence-electron chi connectivity index (χ2n) is 8.02. The van der Waals surface area contributed by atoms with E-state index in [2.05, 4.69) is 114 Å². The highest BCUT2D eigenvalue weighted by molar-refractivity contribution is 5.54. The Balaban J connectivity index is 1.73. The number of aromatic nitrogens is 1. The Hall–Kier alpha value is -3.19. The van der Waals surface area contributed by atoms with Gasteiger partial charge in [-0.15, -0.1) is 0 Å². The third-order valence-electron chi connectivity index (χ3n) is 6.81. The molecule has 2 bridgehead atoms. The van der Waals surface area contributed by atoms with Crippen molar-refractivity contribution in [1.29, 1.82) is 0 Å². The van der Waals surface area contributed by atoms with Crippen LogP contribution in [0.2, 0.25) is 0 Å². The number of nitrogens with zero attached hydrogens (tertiary/aromatic N) is 1. The average molecular weight is 360 g/mol. The summed E-state index contributed by atoms with van der Waals surface area (Å²) in [4.78, 5) is 0. The molecule has 3 aliphatic rings. The molecular formula is C27H22N+. The molecule has 0 fully saturated rings. The van der Waals surface area contributed by atoms with E-state index in [4.69, 9.17) is 0 Å². The summed E-state index contributed by atoms with van der Waals surface area (Å²) in [5.41, 5.74) is 7.17. The lowest BCUT2D eigenvalue weighted by Gasteiger charge is -2.50. The lowest BCUT2D eigenvalue weighted by atomic mass is 9.53. The van der Waals surface area contributed by atoms with Gasteiger partial charge >= 0.3 is 0 Å². The van der Waals surface area contributed by atoms with Crippen molar-refractivity contribution in [3.8, 4) is 0 Å². The second-order valence-corrected chi connectivity index (χ2v) is 8.02. The summed E-state index contributed by atoms with van der Waals surface area (Å²) < 4.78 is 2.51. The summed E-state index contributed by atoms with van der Waals surface area (Å²) >= 11 is 0. The molecule has 4 aromatic rings. The third kappa shape index (κ3) is 1.99. The molecule has 0 N–H and O–H groups in total.